The standard InChI is InChI=1S/C18H23FN2O3/c1-2-24-17(23)21-11-7-13(8-12-21)20-16(22)18(9-10-18)14-5-3-4-6-15(14)19/h3-6,13H,2,7-12H2,1H3,(H,20,22). The molecule has 1 saturated heterocycles. The SMILES string of the molecule is CCOC(=O)N1CCC(NC(=O)C2(c3ccccc3F)CC2)CC1. The molecule has 6 heteroatoms. The highest BCUT2D eigenvalue weighted by Crippen LogP contribution is 2.49. The Labute approximate surface area is 141 Å². The number of nitrogens with one attached hydrogen (secondary N) is 1. The minimum absolute atomic E-state index is 0.0208. The lowest BCUT2D eigenvalue weighted by atomic mass is 9.93. The molecule has 2 aliphatic rings. The summed E-state index contributed by atoms with van der Waals surface area (Å²) in [6.07, 6.45) is 2.45. The van der Waals surface area contributed by atoms with E-state index in [4.69, 9.17) is 4.74 Å². The molecule has 0 atom stereocenters. The molecule has 1 aromatic carbocycles. The van der Waals surface area contributed by atoms with Crippen LogP contribution in [0.5, 0.6) is 0 Å². The number of nitrogens with zero attached hydrogens (tertiary/aromatic N) is 1. The number of hydrogen-bond donors (Lipinski definition) is 1. The van der Waals surface area contributed by atoms with Gasteiger partial charge in [0.2, 0.25) is 5.91 Å². The second kappa shape index (κ2) is 6.79. The van der Waals surface area contributed by atoms with Crippen molar-refractivity contribution in [1.82, 2.24) is 10.2 Å². The minimum Gasteiger partial charge on any atom is -0.450 e. The Hall–Kier alpha value is -2.11. The third-order valence-corrected chi connectivity index (χ3v) is 4.93. The molecule has 1 aliphatic carbocycles. The lowest BCUT2D eigenvalue weighted by Crippen LogP contribution is -2.49. The van der Waals surface area contributed by atoms with Crippen LogP contribution in [-0.2, 0) is 14.9 Å². The molecule has 0 bridgehead atoms. The summed E-state index contributed by atoms with van der Waals surface area (Å²) >= 11 is 0. The maximum absolute atomic E-state index is 14.0. The van der Waals surface area contributed by atoms with Gasteiger partial charge < -0.3 is 15.0 Å². The predicted molar refractivity (Wildman–Crippen MR) is 87.1 cm³/mol. The van der Waals surface area contributed by atoms with Crippen LogP contribution in [0.4, 0.5) is 9.18 Å². The Morgan fingerprint density at radius 1 is 1.29 bits per heavy atom. The Morgan fingerprint density at radius 3 is 2.54 bits per heavy atom. The first-order chi connectivity index (χ1) is 11.6. The molecule has 0 aromatic heterocycles. The summed E-state index contributed by atoms with van der Waals surface area (Å²) < 4.78 is 19.0. The van der Waals surface area contributed by atoms with Crippen molar-refractivity contribution in [3.05, 3.63) is 35.6 Å². The maximum atomic E-state index is 14.0. The van der Waals surface area contributed by atoms with Crippen molar-refractivity contribution in [2.75, 3.05) is 19.7 Å². The van der Waals surface area contributed by atoms with Crippen LogP contribution < -0.4 is 5.32 Å². The van der Waals surface area contributed by atoms with Crippen LogP contribution in [0.2, 0.25) is 0 Å². The van der Waals surface area contributed by atoms with Crippen molar-refractivity contribution in [3.63, 3.8) is 0 Å². The fourth-order valence-electron chi connectivity index (χ4n) is 3.34. The Kier molecular flexibility index (Phi) is 4.73. The van der Waals surface area contributed by atoms with Gasteiger partial charge in [0.15, 0.2) is 0 Å². The zero-order valence-corrected chi connectivity index (χ0v) is 13.9. The first-order valence-electron chi connectivity index (χ1n) is 8.54. The zero-order valence-electron chi connectivity index (χ0n) is 13.9. The van der Waals surface area contributed by atoms with Gasteiger partial charge in [-0.15, -0.1) is 0 Å². The number of carbonyl (C=O) groups excluding carboxylic acids is 2. The first kappa shape index (κ1) is 16.7. The summed E-state index contributed by atoms with van der Waals surface area (Å²) in [4.78, 5) is 26.0. The van der Waals surface area contributed by atoms with Crippen molar-refractivity contribution in [2.45, 2.75) is 44.1 Å². The molecule has 5 nitrogen and oxygen atoms in total. The van der Waals surface area contributed by atoms with E-state index < -0.39 is 5.41 Å². The first-order valence-corrected chi connectivity index (χ1v) is 8.54. The third kappa shape index (κ3) is 3.23. The summed E-state index contributed by atoms with van der Waals surface area (Å²) in [5.74, 6) is -0.413. The van der Waals surface area contributed by atoms with E-state index in [0.717, 1.165) is 0 Å². The van der Waals surface area contributed by atoms with Gasteiger partial charge in [0.1, 0.15) is 5.82 Å². The number of likely N-dealkylation sites (tertiary alicyclic amines) is 1. The summed E-state index contributed by atoms with van der Waals surface area (Å²) in [6, 6.07) is 6.53. The number of amides is 2. The smallest absolute Gasteiger partial charge is 0.409 e. The molecular weight excluding hydrogens is 311 g/mol. The van der Waals surface area contributed by atoms with Crippen LogP contribution in [0.1, 0.15) is 38.2 Å². The largest absolute Gasteiger partial charge is 0.450 e. The average Bonchev–Trinajstić information content (AvgIpc) is 3.38. The number of halogens is 1. The number of hydrogen-bond acceptors (Lipinski definition) is 3. The summed E-state index contributed by atoms with van der Waals surface area (Å²) in [5.41, 5.74) is -0.213. The lowest BCUT2D eigenvalue weighted by Gasteiger charge is -2.32. The molecule has 1 saturated carbocycles. The Morgan fingerprint density at radius 2 is 1.96 bits per heavy atom. The van der Waals surface area contributed by atoms with Gasteiger partial charge in [0.25, 0.3) is 0 Å². The van der Waals surface area contributed by atoms with Crippen LogP contribution in [0.3, 0.4) is 0 Å². The van der Waals surface area contributed by atoms with Crippen molar-refractivity contribution in [3.8, 4) is 0 Å². The van der Waals surface area contributed by atoms with E-state index in [1.54, 1.807) is 30.0 Å². The highest BCUT2D eigenvalue weighted by atomic mass is 19.1. The predicted octanol–water partition coefficient (Wildman–Crippen LogP) is 2.59. The minimum atomic E-state index is -0.705. The molecule has 1 N–H and O–H groups in total. The molecule has 1 heterocycles. The maximum Gasteiger partial charge on any atom is 0.409 e. The number of rotatable bonds is 4. The van der Waals surface area contributed by atoms with E-state index in [1.807, 2.05) is 0 Å². The van der Waals surface area contributed by atoms with Gasteiger partial charge in [-0.1, -0.05) is 18.2 Å². The normalized spacial score (nSPS) is 19.7. The van der Waals surface area contributed by atoms with E-state index in [-0.39, 0.29) is 23.9 Å². The highest BCUT2D eigenvalue weighted by Gasteiger charge is 2.53. The van der Waals surface area contributed by atoms with Crippen LogP contribution in [0.15, 0.2) is 24.3 Å². The summed E-state index contributed by atoms with van der Waals surface area (Å²) in [7, 11) is 0. The number of ether oxygens (including phenoxy) is 1. The van der Waals surface area contributed by atoms with E-state index in [0.29, 0.717) is 50.9 Å². The van der Waals surface area contributed by atoms with Crippen LogP contribution >= 0.6 is 0 Å². The van der Waals surface area contributed by atoms with Gasteiger partial charge in [-0.25, -0.2) is 9.18 Å². The molecule has 1 aromatic rings. The highest BCUT2D eigenvalue weighted by molar-refractivity contribution is 5.91. The van der Waals surface area contributed by atoms with E-state index >= 15 is 0 Å². The zero-order chi connectivity index (χ0) is 17.2. The summed E-state index contributed by atoms with van der Waals surface area (Å²) in [5, 5.41) is 3.05. The lowest BCUT2D eigenvalue weighted by molar-refractivity contribution is -0.124. The van der Waals surface area contributed by atoms with Gasteiger partial charge in [-0.3, -0.25) is 4.79 Å². The van der Waals surface area contributed by atoms with E-state index in [9.17, 15) is 14.0 Å². The van der Waals surface area contributed by atoms with Crippen molar-refractivity contribution in [1.29, 1.82) is 0 Å². The molecule has 24 heavy (non-hydrogen) atoms. The fourth-order valence-corrected chi connectivity index (χ4v) is 3.34. The number of benzene rings is 1. The van der Waals surface area contributed by atoms with E-state index in [2.05, 4.69) is 5.32 Å². The molecule has 130 valence electrons. The van der Waals surface area contributed by atoms with Crippen LogP contribution in [-0.4, -0.2) is 42.6 Å². The van der Waals surface area contributed by atoms with Gasteiger partial charge in [-0.2, -0.15) is 0 Å². The average molecular weight is 334 g/mol. The van der Waals surface area contributed by atoms with E-state index in [1.165, 1.54) is 6.07 Å². The molecule has 0 radical (unpaired) electrons. The number of piperidine rings is 1. The fraction of sp³-hybridized carbons (Fsp3) is 0.556. The monoisotopic (exact) mass is 334 g/mol. The molecular formula is C18H23FN2O3. The quantitative estimate of drug-likeness (QED) is 0.921. The van der Waals surface area contributed by atoms with Gasteiger partial charge >= 0.3 is 6.09 Å². The van der Waals surface area contributed by atoms with Crippen molar-refractivity contribution >= 4 is 12.0 Å². The molecule has 3 rings (SSSR count). The van der Waals surface area contributed by atoms with Crippen LogP contribution in [0.25, 0.3) is 0 Å². The molecule has 0 unspecified atom stereocenters. The molecule has 2 amide bonds. The topological polar surface area (TPSA) is 58.6 Å². The van der Waals surface area contributed by atoms with Crippen molar-refractivity contribution in [2.24, 2.45) is 0 Å². The van der Waals surface area contributed by atoms with Gasteiger partial charge in [0.05, 0.1) is 12.0 Å². The second-order valence-electron chi connectivity index (χ2n) is 6.50. The van der Waals surface area contributed by atoms with Crippen molar-refractivity contribution < 1.29 is 18.7 Å². The van der Waals surface area contributed by atoms with Crippen LogP contribution in [0, 0.1) is 5.82 Å². The molecule has 2 fully saturated rings. The second-order valence-corrected chi connectivity index (χ2v) is 6.50. The molecule has 1 aliphatic heterocycles. The third-order valence-electron chi connectivity index (χ3n) is 4.93. The Bertz CT molecular complexity index is 622. The van der Waals surface area contributed by atoms with Gasteiger partial charge in [-0.05, 0) is 38.7 Å². The summed E-state index contributed by atoms with van der Waals surface area (Å²) in [6.45, 7) is 3.27. The number of carbonyl (C=O) groups is 2. The molecule has 0 spiro atoms. The van der Waals surface area contributed by atoms with Gasteiger partial charge in [0, 0.05) is 24.7 Å². The Balaban J connectivity index is 1.57.